The van der Waals surface area contributed by atoms with Crippen LogP contribution in [0.15, 0.2) is 60.9 Å². The predicted octanol–water partition coefficient (Wildman–Crippen LogP) is 3.46. The van der Waals surface area contributed by atoms with Crippen molar-refractivity contribution in [3.05, 3.63) is 77.7 Å². The first-order chi connectivity index (χ1) is 14.9. The summed E-state index contributed by atoms with van der Waals surface area (Å²) in [6.45, 7) is 6.01. The van der Waals surface area contributed by atoms with Crippen molar-refractivity contribution < 1.29 is 9.59 Å². The Kier molecular flexibility index (Phi) is 5.44. The lowest BCUT2D eigenvalue weighted by Crippen LogP contribution is -2.42. The highest BCUT2D eigenvalue weighted by atomic mass is 16.2. The molecule has 0 spiro atoms. The third-order valence-corrected chi connectivity index (χ3v) is 4.83. The summed E-state index contributed by atoms with van der Waals surface area (Å²) < 4.78 is 1.77. The molecule has 4 aromatic rings. The molecule has 3 aromatic heterocycles. The first-order valence-corrected chi connectivity index (χ1v) is 9.91. The van der Waals surface area contributed by atoms with Crippen LogP contribution in [0.4, 0.5) is 0 Å². The zero-order valence-corrected chi connectivity index (χ0v) is 17.5. The normalized spacial score (nSPS) is 11.0. The number of nitrogens with one attached hydrogen (secondary N) is 2. The van der Waals surface area contributed by atoms with Crippen molar-refractivity contribution in [3.63, 3.8) is 0 Å². The molecule has 0 atom stereocenters. The van der Waals surface area contributed by atoms with E-state index in [4.69, 9.17) is 4.98 Å². The van der Waals surface area contributed by atoms with E-state index in [2.05, 4.69) is 20.9 Å². The molecule has 0 aliphatic rings. The summed E-state index contributed by atoms with van der Waals surface area (Å²) in [5.41, 5.74) is 8.73. The molecule has 0 radical (unpaired) electrons. The Morgan fingerprint density at radius 2 is 1.74 bits per heavy atom. The predicted molar refractivity (Wildman–Crippen MR) is 117 cm³/mol. The summed E-state index contributed by atoms with van der Waals surface area (Å²) in [5.74, 6) is -0.968. The first-order valence-electron chi connectivity index (χ1n) is 9.91. The van der Waals surface area contributed by atoms with Crippen molar-refractivity contribution in [2.75, 3.05) is 0 Å². The summed E-state index contributed by atoms with van der Waals surface area (Å²) in [5, 5.41) is 5.01. The number of pyridine rings is 2. The van der Waals surface area contributed by atoms with E-state index < -0.39 is 11.8 Å². The van der Waals surface area contributed by atoms with Crippen molar-refractivity contribution in [1.82, 2.24) is 30.6 Å². The van der Waals surface area contributed by atoms with Crippen LogP contribution in [0, 0.1) is 6.92 Å². The molecule has 0 bridgehead atoms. The molecule has 0 aliphatic carbocycles. The van der Waals surface area contributed by atoms with Gasteiger partial charge >= 0.3 is 0 Å². The molecule has 156 valence electrons. The Balaban J connectivity index is 1.70. The van der Waals surface area contributed by atoms with Gasteiger partial charge in [0, 0.05) is 17.8 Å². The van der Waals surface area contributed by atoms with Crippen molar-refractivity contribution in [3.8, 4) is 11.3 Å². The van der Waals surface area contributed by atoms with Crippen LogP contribution in [-0.4, -0.2) is 31.6 Å². The quantitative estimate of drug-likeness (QED) is 0.498. The molecule has 4 rings (SSSR count). The van der Waals surface area contributed by atoms with E-state index >= 15 is 0 Å². The van der Waals surface area contributed by atoms with Crippen LogP contribution in [0.3, 0.4) is 0 Å². The molecular formula is C23H22N6O2. The number of rotatable bonds is 4. The van der Waals surface area contributed by atoms with Crippen LogP contribution < -0.4 is 10.9 Å². The van der Waals surface area contributed by atoms with E-state index in [-0.39, 0.29) is 11.7 Å². The maximum atomic E-state index is 13.0. The molecule has 0 saturated heterocycles. The average molecular weight is 414 g/mol. The SMILES string of the molecule is Cc1ccc(-c2cc(C(=O)NNC(=O)c3ccccn3)c3cnn(C(C)C)c3n2)cc1. The summed E-state index contributed by atoms with van der Waals surface area (Å²) in [4.78, 5) is 34.0. The van der Waals surface area contributed by atoms with Crippen LogP contribution in [0.2, 0.25) is 0 Å². The molecule has 0 aliphatic heterocycles. The minimum absolute atomic E-state index is 0.0676. The van der Waals surface area contributed by atoms with Gasteiger partial charge in [-0.25, -0.2) is 9.67 Å². The highest BCUT2D eigenvalue weighted by Crippen LogP contribution is 2.26. The van der Waals surface area contributed by atoms with Gasteiger partial charge in [-0.1, -0.05) is 35.9 Å². The second-order valence-corrected chi connectivity index (χ2v) is 7.46. The number of hydrogen-bond acceptors (Lipinski definition) is 5. The molecule has 2 amide bonds. The molecule has 0 unspecified atom stereocenters. The smallest absolute Gasteiger partial charge is 0.267 e. The van der Waals surface area contributed by atoms with Gasteiger partial charge in [-0.3, -0.25) is 25.4 Å². The fraction of sp³-hybridized carbons (Fsp3) is 0.174. The molecule has 8 nitrogen and oxygen atoms in total. The lowest BCUT2D eigenvalue weighted by molar-refractivity contribution is 0.0845. The van der Waals surface area contributed by atoms with Gasteiger partial charge in [-0.15, -0.1) is 0 Å². The van der Waals surface area contributed by atoms with Crippen LogP contribution in [0.1, 0.15) is 46.3 Å². The second kappa shape index (κ2) is 8.35. The highest BCUT2D eigenvalue weighted by molar-refractivity contribution is 6.07. The molecule has 3 heterocycles. The van der Waals surface area contributed by atoms with Gasteiger partial charge < -0.3 is 0 Å². The monoisotopic (exact) mass is 414 g/mol. The number of carbonyl (C=O) groups is 2. The van der Waals surface area contributed by atoms with Crippen molar-refractivity contribution >= 4 is 22.8 Å². The summed E-state index contributed by atoms with van der Waals surface area (Å²) in [7, 11) is 0. The van der Waals surface area contributed by atoms with Gasteiger partial charge in [0.2, 0.25) is 0 Å². The van der Waals surface area contributed by atoms with Crippen molar-refractivity contribution in [2.24, 2.45) is 0 Å². The molecule has 8 heteroatoms. The standard InChI is InChI=1S/C23H22N6O2/c1-14(2)29-21-18(13-25-29)17(12-20(26-21)16-9-7-15(3)8-10-16)22(30)27-28-23(31)19-6-4-5-11-24-19/h4-14H,1-3H3,(H,27,30)(H,28,31). The van der Waals surface area contributed by atoms with Crippen LogP contribution >= 0.6 is 0 Å². The number of fused-ring (bicyclic) bond motifs is 1. The first kappa shape index (κ1) is 20.2. The summed E-state index contributed by atoms with van der Waals surface area (Å²) in [6.07, 6.45) is 3.13. The number of carbonyl (C=O) groups excluding carboxylic acids is 2. The van der Waals surface area contributed by atoms with Crippen molar-refractivity contribution in [2.45, 2.75) is 26.8 Å². The van der Waals surface area contributed by atoms with E-state index in [1.54, 1.807) is 35.1 Å². The molecule has 31 heavy (non-hydrogen) atoms. The molecule has 1 aromatic carbocycles. The number of aromatic nitrogens is 4. The maximum absolute atomic E-state index is 13.0. The third-order valence-electron chi connectivity index (χ3n) is 4.83. The molecule has 0 saturated carbocycles. The number of hydrazine groups is 1. The Bertz CT molecular complexity index is 1250. The third kappa shape index (κ3) is 4.13. The zero-order valence-electron chi connectivity index (χ0n) is 17.5. The number of hydrogen-bond donors (Lipinski definition) is 2. The molecule has 2 N–H and O–H groups in total. The fourth-order valence-electron chi connectivity index (χ4n) is 3.20. The van der Waals surface area contributed by atoms with Gasteiger partial charge in [0.05, 0.1) is 22.8 Å². The van der Waals surface area contributed by atoms with E-state index in [9.17, 15) is 9.59 Å². The molecule has 0 fully saturated rings. The van der Waals surface area contributed by atoms with Gasteiger partial charge in [-0.05, 0) is 39.0 Å². The second-order valence-electron chi connectivity index (χ2n) is 7.46. The largest absolute Gasteiger partial charge is 0.288 e. The Morgan fingerprint density at radius 3 is 2.42 bits per heavy atom. The van der Waals surface area contributed by atoms with E-state index in [1.165, 1.54) is 6.20 Å². The van der Waals surface area contributed by atoms with Gasteiger partial charge in [0.15, 0.2) is 5.65 Å². The Labute approximate surface area is 179 Å². The van der Waals surface area contributed by atoms with Crippen LogP contribution in [0.25, 0.3) is 22.3 Å². The number of benzene rings is 1. The maximum Gasteiger partial charge on any atom is 0.288 e. The van der Waals surface area contributed by atoms with Gasteiger partial charge in [-0.2, -0.15) is 5.10 Å². The average Bonchev–Trinajstić information content (AvgIpc) is 3.22. The minimum atomic E-state index is -0.504. The van der Waals surface area contributed by atoms with Gasteiger partial charge in [0.1, 0.15) is 5.69 Å². The van der Waals surface area contributed by atoms with E-state index in [0.717, 1.165) is 11.1 Å². The Morgan fingerprint density at radius 1 is 1.00 bits per heavy atom. The minimum Gasteiger partial charge on any atom is -0.267 e. The Hall–Kier alpha value is -4.07. The topological polar surface area (TPSA) is 102 Å². The fourth-order valence-corrected chi connectivity index (χ4v) is 3.20. The number of nitrogens with zero attached hydrogens (tertiary/aromatic N) is 4. The zero-order chi connectivity index (χ0) is 22.0. The lowest BCUT2D eigenvalue weighted by Gasteiger charge is -2.11. The van der Waals surface area contributed by atoms with Crippen LogP contribution in [-0.2, 0) is 0 Å². The summed E-state index contributed by atoms with van der Waals surface area (Å²) in [6, 6.07) is 14.7. The molecular weight excluding hydrogens is 392 g/mol. The number of aryl methyl sites for hydroxylation is 1. The number of amides is 2. The van der Waals surface area contributed by atoms with E-state index in [0.29, 0.717) is 22.3 Å². The van der Waals surface area contributed by atoms with Crippen LogP contribution in [0.5, 0.6) is 0 Å². The summed E-state index contributed by atoms with van der Waals surface area (Å²) >= 11 is 0. The van der Waals surface area contributed by atoms with E-state index in [1.807, 2.05) is 45.0 Å². The lowest BCUT2D eigenvalue weighted by atomic mass is 10.1. The highest BCUT2D eigenvalue weighted by Gasteiger charge is 2.19. The van der Waals surface area contributed by atoms with Gasteiger partial charge in [0.25, 0.3) is 11.8 Å². The van der Waals surface area contributed by atoms with Crippen molar-refractivity contribution in [1.29, 1.82) is 0 Å².